The normalized spacial score (nSPS) is 14.8. The number of anilines is 1. The fourth-order valence-corrected chi connectivity index (χ4v) is 3.81. The first kappa shape index (κ1) is 24.0. The minimum atomic E-state index is -5.29. The lowest BCUT2D eigenvalue weighted by Crippen LogP contribution is -2.55. The summed E-state index contributed by atoms with van der Waals surface area (Å²) >= 11 is 12.0. The van der Waals surface area contributed by atoms with Crippen molar-refractivity contribution < 1.29 is 27.6 Å². The molecule has 0 aliphatic carbocycles. The molecule has 0 aliphatic rings. The number of hydrogen-bond donors (Lipinski definition) is 2. The second kappa shape index (κ2) is 8.73. The molecule has 3 rings (SSSR count). The third kappa shape index (κ3) is 4.60. The van der Waals surface area contributed by atoms with Crippen LogP contribution in [-0.2, 0) is 4.79 Å². The molecular weight excluding hydrogens is 472 g/mol. The van der Waals surface area contributed by atoms with E-state index in [1.165, 1.54) is 50.2 Å². The molecule has 1 aromatic heterocycles. The van der Waals surface area contributed by atoms with E-state index in [4.69, 9.17) is 23.2 Å². The van der Waals surface area contributed by atoms with Gasteiger partial charge in [-0.3, -0.25) is 4.79 Å². The SMILES string of the molecule is Cc1noc(=O)c2ccc(NC(=O)C(O)(CC(C)c3cc(Cl)ccc3Cl)C(F)(F)F)cc12. The number of aromatic nitrogens is 1. The highest BCUT2D eigenvalue weighted by molar-refractivity contribution is 6.33. The highest BCUT2D eigenvalue weighted by Gasteiger charge is 2.60. The first-order chi connectivity index (χ1) is 14.8. The smallest absolute Gasteiger partial charge is 0.373 e. The number of carbonyl (C=O) groups excluding carboxylic acids is 1. The second-order valence-corrected chi connectivity index (χ2v) is 8.24. The predicted molar refractivity (Wildman–Crippen MR) is 114 cm³/mol. The van der Waals surface area contributed by atoms with Crippen LogP contribution in [0.5, 0.6) is 0 Å². The van der Waals surface area contributed by atoms with Crippen LogP contribution in [-0.4, -0.2) is 27.9 Å². The number of rotatable bonds is 5. The topological polar surface area (TPSA) is 92.4 Å². The lowest BCUT2D eigenvalue weighted by molar-refractivity contribution is -0.252. The first-order valence-corrected chi connectivity index (χ1v) is 10.0. The fourth-order valence-electron chi connectivity index (χ4n) is 3.32. The lowest BCUT2D eigenvalue weighted by Gasteiger charge is -2.32. The zero-order chi connectivity index (χ0) is 23.8. The Bertz CT molecular complexity index is 1250. The summed E-state index contributed by atoms with van der Waals surface area (Å²) in [4.78, 5) is 24.4. The summed E-state index contributed by atoms with van der Waals surface area (Å²) < 4.78 is 46.1. The molecule has 2 atom stereocenters. The van der Waals surface area contributed by atoms with E-state index in [0.29, 0.717) is 5.69 Å². The molecule has 0 saturated heterocycles. The molecule has 2 unspecified atom stereocenters. The number of aryl methyl sites for hydroxylation is 1. The lowest BCUT2D eigenvalue weighted by atomic mass is 9.85. The standard InChI is InChI=1S/C21H17Cl2F3N2O4/c1-10(15-7-12(22)3-6-17(15)23)9-20(31,21(24,25)26)19(30)27-13-4-5-14-16(8-13)11(2)28-32-18(14)29/h3-8,10,31H,9H2,1-2H3,(H,27,30). The molecule has 3 aromatic rings. The minimum Gasteiger partial charge on any atom is -0.373 e. The van der Waals surface area contributed by atoms with Crippen molar-refractivity contribution in [3.05, 3.63) is 68.1 Å². The Kier molecular flexibility index (Phi) is 6.55. The number of nitrogens with one attached hydrogen (secondary N) is 1. The summed E-state index contributed by atoms with van der Waals surface area (Å²) in [5.74, 6) is -2.64. The van der Waals surface area contributed by atoms with Crippen LogP contribution in [0.3, 0.4) is 0 Å². The van der Waals surface area contributed by atoms with E-state index in [1.807, 2.05) is 0 Å². The number of nitrogens with zero attached hydrogens (tertiary/aromatic N) is 1. The number of carbonyl (C=O) groups is 1. The average molecular weight is 489 g/mol. The van der Waals surface area contributed by atoms with Gasteiger partial charge in [0.05, 0.1) is 11.1 Å². The Morgan fingerprint density at radius 3 is 2.53 bits per heavy atom. The van der Waals surface area contributed by atoms with Gasteiger partial charge in [-0.1, -0.05) is 35.3 Å². The Balaban J connectivity index is 1.94. The highest BCUT2D eigenvalue weighted by Crippen LogP contribution is 2.41. The Morgan fingerprint density at radius 1 is 1.19 bits per heavy atom. The van der Waals surface area contributed by atoms with E-state index >= 15 is 0 Å². The summed E-state index contributed by atoms with van der Waals surface area (Å²) in [6, 6.07) is 8.07. The van der Waals surface area contributed by atoms with Crippen LogP contribution in [0.25, 0.3) is 10.8 Å². The number of amides is 1. The summed E-state index contributed by atoms with van der Waals surface area (Å²) in [6.07, 6.45) is -6.29. The number of benzene rings is 2. The van der Waals surface area contributed by atoms with Crippen LogP contribution in [0, 0.1) is 6.92 Å². The van der Waals surface area contributed by atoms with Gasteiger partial charge < -0.3 is 14.9 Å². The maximum absolute atomic E-state index is 13.8. The van der Waals surface area contributed by atoms with Crippen LogP contribution < -0.4 is 10.9 Å². The number of hydrogen-bond acceptors (Lipinski definition) is 5. The van der Waals surface area contributed by atoms with Crippen LogP contribution in [0.2, 0.25) is 10.0 Å². The van der Waals surface area contributed by atoms with Crippen LogP contribution in [0.4, 0.5) is 18.9 Å². The van der Waals surface area contributed by atoms with Crippen molar-refractivity contribution in [2.24, 2.45) is 0 Å². The maximum atomic E-state index is 13.8. The molecule has 0 aliphatic heterocycles. The third-order valence-electron chi connectivity index (χ3n) is 5.09. The number of halogens is 5. The van der Waals surface area contributed by atoms with E-state index in [9.17, 15) is 27.9 Å². The van der Waals surface area contributed by atoms with Crippen molar-refractivity contribution in [2.75, 3.05) is 5.32 Å². The van der Waals surface area contributed by atoms with Gasteiger partial charge in [0.1, 0.15) is 0 Å². The summed E-state index contributed by atoms with van der Waals surface area (Å²) in [5.41, 5.74) is -3.97. The van der Waals surface area contributed by atoms with Gasteiger partial charge in [0.2, 0.25) is 5.60 Å². The maximum Gasteiger partial charge on any atom is 0.426 e. The van der Waals surface area contributed by atoms with Gasteiger partial charge in [-0.15, -0.1) is 0 Å². The van der Waals surface area contributed by atoms with Gasteiger partial charge in [0.15, 0.2) is 0 Å². The van der Waals surface area contributed by atoms with Crippen molar-refractivity contribution in [3.63, 3.8) is 0 Å². The van der Waals surface area contributed by atoms with Gasteiger partial charge in [0.25, 0.3) is 5.91 Å². The largest absolute Gasteiger partial charge is 0.426 e. The van der Waals surface area contributed by atoms with E-state index in [2.05, 4.69) is 15.0 Å². The van der Waals surface area contributed by atoms with Crippen molar-refractivity contribution >= 4 is 45.6 Å². The van der Waals surface area contributed by atoms with Crippen molar-refractivity contribution in [1.82, 2.24) is 5.16 Å². The summed E-state index contributed by atoms with van der Waals surface area (Å²) in [7, 11) is 0. The Morgan fingerprint density at radius 2 is 1.88 bits per heavy atom. The molecule has 2 N–H and O–H groups in total. The molecule has 2 aromatic carbocycles. The number of aliphatic hydroxyl groups is 1. The fraction of sp³-hybridized carbons (Fsp3) is 0.286. The molecule has 32 heavy (non-hydrogen) atoms. The van der Waals surface area contributed by atoms with E-state index in [-0.39, 0.29) is 32.1 Å². The van der Waals surface area contributed by atoms with Gasteiger partial charge >= 0.3 is 11.8 Å². The number of alkyl halides is 3. The molecule has 0 spiro atoms. The van der Waals surface area contributed by atoms with Gasteiger partial charge in [-0.05, 0) is 54.8 Å². The zero-order valence-corrected chi connectivity index (χ0v) is 18.3. The highest BCUT2D eigenvalue weighted by atomic mass is 35.5. The average Bonchev–Trinajstić information content (AvgIpc) is 2.71. The molecule has 11 heteroatoms. The Labute approximate surface area is 189 Å². The van der Waals surface area contributed by atoms with Crippen LogP contribution in [0.15, 0.2) is 45.7 Å². The molecule has 1 amide bonds. The van der Waals surface area contributed by atoms with Gasteiger partial charge in [-0.25, -0.2) is 4.79 Å². The molecule has 0 bridgehead atoms. The van der Waals surface area contributed by atoms with Crippen molar-refractivity contribution in [2.45, 2.75) is 38.0 Å². The third-order valence-corrected chi connectivity index (χ3v) is 5.67. The molecule has 1 heterocycles. The molecule has 170 valence electrons. The monoisotopic (exact) mass is 488 g/mol. The minimum absolute atomic E-state index is 0.0610. The van der Waals surface area contributed by atoms with Crippen LogP contribution in [0.1, 0.15) is 30.5 Å². The predicted octanol–water partition coefficient (Wildman–Crippen LogP) is 5.23. The molecular formula is C21H17Cl2F3N2O4. The van der Waals surface area contributed by atoms with E-state index in [1.54, 1.807) is 0 Å². The molecule has 0 saturated carbocycles. The van der Waals surface area contributed by atoms with Gasteiger partial charge in [0, 0.05) is 27.5 Å². The quantitative estimate of drug-likeness (QED) is 0.512. The zero-order valence-electron chi connectivity index (χ0n) is 16.8. The summed E-state index contributed by atoms with van der Waals surface area (Å²) in [5, 5.41) is 17.0. The molecule has 6 nitrogen and oxygen atoms in total. The van der Waals surface area contributed by atoms with Crippen LogP contribution >= 0.6 is 23.2 Å². The van der Waals surface area contributed by atoms with Crippen molar-refractivity contribution in [3.8, 4) is 0 Å². The van der Waals surface area contributed by atoms with Gasteiger partial charge in [-0.2, -0.15) is 13.2 Å². The number of fused-ring (bicyclic) bond motifs is 1. The van der Waals surface area contributed by atoms with E-state index < -0.39 is 35.6 Å². The Hall–Kier alpha value is -2.62. The van der Waals surface area contributed by atoms with E-state index in [0.717, 1.165) is 0 Å². The second-order valence-electron chi connectivity index (χ2n) is 7.40. The summed E-state index contributed by atoms with van der Waals surface area (Å²) in [6.45, 7) is 2.92. The first-order valence-electron chi connectivity index (χ1n) is 9.29. The van der Waals surface area contributed by atoms with Crippen molar-refractivity contribution in [1.29, 1.82) is 0 Å². The molecule has 0 radical (unpaired) electrons. The molecule has 0 fully saturated rings.